The predicted molar refractivity (Wildman–Crippen MR) is 87.0 cm³/mol. The fourth-order valence-electron chi connectivity index (χ4n) is 3.08. The summed E-state index contributed by atoms with van der Waals surface area (Å²) in [4.78, 5) is 0. The largest absolute Gasteiger partial charge is 0.364 e. The minimum absolute atomic E-state index is 0.215. The first-order valence-electron chi connectivity index (χ1n) is 7.51. The van der Waals surface area contributed by atoms with Crippen LogP contribution < -0.4 is 0 Å². The molecule has 1 aliphatic rings. The maximum absolute atomic E-state index is 15.3. The third kappa shape index (κ3) is 2.34. The van der Waals surface area contributed by atoms with Crippen molar-refractivity contribution in [3.05, 3.63) is 83.7 Å². The van der Waals surface area contributed by atoms with Gasteiger partial charge in [-0.2, -0.15) is 0 Å². The number of rotatable bonds is 2. The highest BCUT2D eigenvalue weighted by molar-refractivity contribution is 5.78. The van der Waals surface area contributed by atoms with E-state index >= 15 is 4.39 Å². The van der Waals surface area contributed by atoms with Crippen LogP contribution in [-0.4, -0.2) is 5.11 Å². The van der Waals surface area contributed by atoms with Gasteiger partial charge in [0.2, 0.25) is 0 Å². The van der Waals surface area contributed by atoms with E-state index in [0.717, 1.165) is 16.7 Å². The molecule has 23 heavy (non-hydrogen) atoms. The van der Waals surface area contributed by atoms with Crippen LogP contribution in [0.1, 0.15) is 17.4 Å². The van der Waals surface area contributed by atoms with Crippen molar-refractivity contribution in [2.45, 2.75) is 12.9 Å². The van der Waals surface area contributed by atoms with Gasteiger partial charge in [0.05, 0.1) is 6.61 Å². The summed E-state index contributed by atoms with van der Waals surface area (Å²) in [6, 6.07) is 20.5. The van der Waals surface area contributed by atoms with Gasteiger partial charge in [0, 0.05) is 16.7 Å². The summed E-state index contributed by atoms with van der Waals surface area (Å²) in [5, 5.41) is 10.1. The van der Waals surface area contributed by atoms with Crippen LogP contribution in [0.25, 0.3) is 22.3 Å². The Kier molecular flexibility index (Phi) is 3.45. The molecule has 1 aliphatic heterocycles. The fraction of sp³-hybridized carbons (Fsp3) is 0.100. The zero-order valence-electron chi connectivity index (χ0n) is 12.4. The van der Waals surface area contributed by atoms with Crippen molar-refractivity contribution in [1.82, 2.24) is 0 Å². The molecule has 0 bridgehead atoms. The van der Waals surface area contributed by atoms with Gasteiger partial charge in [0.15, 0.2) is 6.29 Å². The lowest BCUT2D eigenvalue weighted by Gasteiger charge is -2.14. The Morgan fingerprint density at radius 3 is 2.17 bits per heavy atom. The number of hydrogen-bond acceptors (Lipinski definition) is 2. The topological polar surface area (TPSA) is 29.5 Å². The highest BCUT2D eigenvalue weighted by Gasteiger charge is 2.28. The van der Waals surface area contributed by atoms with Crippen LogP contribution in [0, 0.1) is 5.82 Å². The molecule has 0 spiro atoms. The molecule has 3 heteroatoms. The summed E-state index contributed by atoms with van der Waals surface area (Å²) in [6.07, 6.45) is -1.00. The lowest BCUT2D eigenvalue weighted by Crippen LogP contribution is -1.99. The van der Waals surface area contributed by atoms with Crippen LogP contribution in [0.3, 0.4) is 0 Å². The minimum atomic E-state index is -1.00. The Morgan fingerprint density at radius 2 is 1.52 bits per heavy atom. The van der Waals surface area contributed by atoms with E-state index in [9.17, 15) is 5.11 Å². The van der Waals surface area contributed by atoms with Gasteiger partial charge in [-0.05, 0) is 22.8 Å². The molecule has 0 radical (unpaired) electrons. The number of aliphatic hydroxyl groups excluding tert-OH is 1. The van der Waals surface area contributed by atoms with Gasteiger partial charge in [0.25, 0.3) is 0 Å². The molecule has 4 rings (SSSR count). The Balaban J connectivity index is 2.02. The van der Waals surface area contributed by atoms with Crippen molar-refractivity contribution in [2.75, 3.05) is 0 Å². The molecule has 0 saturated heterocycles. The Labute approximate surface area is 133 Å². The maximum atomic E-state index is 15.3. The monoisotopic (exact) mass is 306 g/mol. The highest BCUT2D eigenvalue weighted by Crippen LogP contribution is 2.42. The summed E-state index contributed by atoms with van der Waals surface area (Å²) in [7, 11) is 0. The highest BCUT2D eigenvalue weighted by atomic mass is 19.1. The van der Waals surface area contributed by atoms with E-state index < -0.39 is 6.29 Å². The third-order valence-electron chi connectivity index (χ3n) is 4.20. The van der Waals surface area contributed by atoms with E-state index in [2.05, 4.69) is 0 Å². The van der Waals surface area contributed by atoms with E-state index in [1.807, 2.05) is 60.7 Å². The average Bonchev–Trinajstić information content (AvgIpc) is 2.96. The standard InChI is InChI=1S/C20H15FO2/c21-19-15(13-7-3-1-4-8-13)11-16-17(12-23-20(16)22)18(19)14-9-5-2-6-10-14/h1-11,20,22H,12H2/t20-/m1/s1. The van der Waals surface area contributed by atoms with Crippen LogP contribution in [0.2, 0.25) is 0 Å². The van der Waals surface area contributed by atoms with Gasteiger partial charge >= 0.3 is 0 Å². The molecule has 1 heterocycles. The third-order valence-corrected chi connectivity index (χ3v) is 4.20. The van der Waals surface area contributed by atoms with Crippen molar-refractivity contribution in [3.63, 3.8) is 0 Å². The van der Waals surface area contributed by atoms with Gasteiger partial charge in [-0.25, -0.2) is 4.39 Å². The fourth-order valence-corrected chi connectivity index (χ4v) is 3.08. The molecule has 114 valence electrons. The molecular formula is C20H15FO2. The van der Waals surface area contributed by atoms with Gasteiger partial charge in [-0.3, -0.25) is 0 Å². The van der Waals surface area contributed by atoms with Gasteiger partial charge < -0.3 is 9.84 Å². The summed E-state index contributed by atoms with van der Waals surface area (Å²) in [5.74, 6) is -0.279. The second kappa shape index (κ2) is 5.61. The molecule has 2 nitrogen and oxygen atoms in total. The minimum Gasteiger partial charge on any atom is -0.364 e. The predicted octanol–water partition coefficient (Wildman–Crippen LogP) is 4.68. The number of benzene rings is 3. The number of ether oxygens (including phenoxy) is 1. The number of fused-ring (bicyclic) bond motifs is 1. The van der Waals surface area contributed by atoms with Crippen molar-refractivity contribution in [3.8, 4) is 22.3 Å². The van der Waals surface area contributed by atoms with Crippen LogP contribution in [0.5, 0.6) is 0 Å². The molecule has 1 N–H and O–H groups in total. The lowest BCUT2D eigenvalue weighted by atomic mass is 9.90. The molecule has 0 aromatic heterocycles. The first-order chi connectivity index (χ1) is 11.3. The molecule has 0 unspecified atom stereocenters. The molecule has 0 fully saturated rings. The van der Waals surface area contributed by atoms with E-state index in [4.69, 9.17) is 4.74 Å². The maximum Gasteiger partial charge on any atom is 0.181 e. The lowest BCUT2D eigenvalue weighted by molar-refractivity contribution is -0.0918. The normalized spacial score (nSPS) is 16.3. The molecular weight excluding hydrogens is 291 g/mol. The smallest absolute Gasteiger partial charge is 0.181 e. The number of hydrogen-bond donors (Lipinski definition) is 1. The van der Waals surface area contributed by atoms with E-state index in [1.54, 1.807) is 6.07 Å². The van der Waals surface area contributed by atoms with E-state index in [0.29, 0.717) is 16.7 Å². The molecule has 3 aromatic carbocycles. The summed E-state index contributed by atoms with van der Waals surface area (Å²) in [5.41, 5.74) is 3.93. The summed E-state index contributed by atoms with van der Waals surface area (Å²) >= 11 is 0. The average molecular weight is 306 g/mol. The van der Waals surface area contributed by atoms with Crippen molar-refractivity contribution in [2.24, 2.45) is 0 Å². The van der Waals surface area contributed by atoms with Crippen molar-refractivity contribution < 1.29 is 14.2 Å². The first-order valence-corrected chi connectivity index (χ1v) is 7.51. The SMILES string of the molecule is O[C@@H]1OCc2c1cc(-c1ccccc1)c(F)c2-c1ccccc1. The van der Waals surface area contributed by atoms with Crippen molar-refractivity contribution in [1.29, 1.82) is 0 Å². The van der Waals surface area contributed by atoms with E-state index in [1.165, 1.54) is 0 Å². The number of halogens is 1. The van der Waals surface area contributed by atoms with Gasteiger partial charge in [0.1, 0.15) is 5.82 Å². The summed E-state index contributed by atoms with van der Waals surface area (Å²) < 4.78 is 20.6. The first kappa shape index (κ1) is 14.1. The van der Waals surface area contributed by atoms with Crippen molar-refractivity contribution >= 4 is 0 Å². The molecule has 3 aromatic rings. The van der Waals surface area contributed by atoms with Crippen LogP contribution >= 0.6 is 0 Å². The van der Waals surface area contributed by atoms with Crippen LogP contribution in [0.15, 0.2) is 66.7 Å². The molecule has 0 amide bonds. The quantitative estimate of drug-likeness (QED) is 0.745. The molecule has 0 saturated carbocycles. The zero-order valence-corrected chi connectivity index (χ0v) is 12.4. The van der Waals surface area contributed by atoms with Crippen LogP contribution in [-0.2, 0) is 11.3 Å². The Bertz CT molecular complexity index is 845. The zero-order chi connectivity index (χ0) is 15.8. The second-order valence-electron chi connectivity index (χ2n) is 5.58. The molecule has 1 atom stereocenters. The molecule has 0 aliphatic carbocycles. The Morgan fingerprint density at radius 1 is 0.913 bits per heavy atom. The van der Waals surface area contributed by atoms with Crippen LogP contribution in [0.4, 0.5) is 4.39 Å². The second-order valence-corrected chi connectivity index (χ2v) is 5.58. The van der Waals surface area contributed by atoms with Gasteiger partial charge in [-0.1, -0.05) is 60.7 Å². The van der Waals surface area contributed by atoms with Gasteiger partial charge in [-0.15, -0.1) is 0 Å². The Hall–Kier alpha value is -2.49. The summed E-state index contributed by atoms with van der Waals surface area (Å²) in [6.45, 7) is 0.215. The van der Waals surface area contributed by atoms with E-state index in [-0.39, 0.29) is 12.4 Å². The number of aliphatic hydroxyl groups is 1.